The number of nitrogens with one attached hydrogen (secondary N) is 2. The zero-order valence-corrected chi connectivity index (χ0v) is 12.7. The Balaban J connectivity index is 2.02. The fourth-order valence-electron chi connectivity index (χ4n) is 2.73. The molecule has 0 radical (unpaired) electrons. The van der Waals surface area contributed by atoms with Crippen molar-refractivity contribution in [3.63, 3.8) is 0 Å². The Labute approximate surface area is 121 Å². The number of hydrogen-bond acceptors (Lipinski definition) is 3. The first-order valence-corrected chi connectivity index (χ1v) is 7.37. The maximum Gasteiger partial charge on any atom is 0.253 e. The summed E-state index contributed by atoms with van der Waals surface area (Å²) in [5.41, 5.74) is 1.78. The van der Waals surface area contributed by atoms with Gasteiger partial charge in [-0.25, -0.2) is 0 Å². The van der Waals surface area contributed by atoms with Crippen LogP contribution in [0, 0.1) is 0 Å². The zero-order chi connectivity index (χ0) is 14.6. The summed E-state index contributed by atoms with van der Waals surface area (Å²) >= 11 is 0. The summed E-state index contributed by atoms with van der Waals surface area (Å²) in [4.78, 5) is 14.6. The average Bonchev–Trinajstić information content (AvgIpc) is 2.38. The van der Waals surface area contributed by atoms with Crippen LogP contribution in [0.2, 0.25) is 0 Å². The van der Waals surface area contributed by atoms with E-state index < -0.39 is 0 Å². The Kier molecular flexibility index (Phi) is 4.65. The van der Waals surface area contributed by atoms with Gasteiger partial charge in [-0.3, -0.25) is 4.79 Å². The minimum Gasteiger partial charge on any atom is -0.385 e. The Hall–Kier alpha value is -1.55. The third-order valence-electron chi connectivity index (χ3n) is 4.35. The van der Waals surface area contributed by atoms with E-state index in [0.717, 1.165) is 37.2 Å². The van der Waals surface area contributed by atoms with E-state index in [1.807, 2.05) is 31.2 Å². The Morgan fingerprint density at radius 2 is 2.00 bits per heavy atom. The standard InChI is InChI=1S/C16H25N3O/c1-4-17-14-9-6-5-8-13(14)15(20)18-12-16(19(2)3)10-7-11-16/h5-6,8-9,17H,4,7,10-12H2,1-3H3,(H,18,20). The summed E-state index contributed by atoms with van der Waals surface area (Å²) in [6.45, 7) is 3.56. The van der Waals surface area contributed by atoms with Crippen LogP contribution < -0.4 is 10.6 Å². The van der Waals surface area contributed by atoms with E-state index in [1.165, 1.54) is 6.42 Å². The minimum atomic E-state index is 0.00896. The van der Waals surface area contributed by atoms with Crippen molar-refractivity contribution in [3.8, 4) is 0 Å². The molecule has 1 amide bonds. The van der Waals surface area contributed by atoms with Crippen LogP contribution in [-0.4, -0.2) is 43.5 Å². The molecule has 0 unspecified atom stereocenters. The van der Waals surface area contributed by atoms with E-state index >= 15 is 0 Å². The molecule has 0 aromatic heterocycles. The summed E-state index contributed by atoms with van der Waals surface area (Å²) < 4.78 is 0. The number of rotatable bonds is 6. The summed E-state index contributed by atoms with van der Waals surface area (Å²) in [5, 5.41) is 6.33. The van der Waals surface area contributed by atoms with Crippen molar-refractivity contribution in [1.82, 2.24) is 10.2 Å². The van der Waals surface area contributed by atoms with Crippen LogP contribution in [0.1, 0.15) is 36.5 Å². The molecule has 0 atom stereocenters. The number of carbonyl (C=O) groups excluding carboxylic acids is 1. The molecule has 20 heavy (non-hydrogen) atoms. The van der Waals surface area contributed by atoms with Crippen molar-refractivity contribution in [3.05, 3.63) is 29.8 Å². The van der Waals surface area contributed by atoms with Gasteiger partial charge in [0.2, 0.25) is 0 Å². The van der Waals surface area contributed by atoms with Gasteiger partial charge in [0.1, 0.15) is 0 Å². The van der Waals surface area contributed by atoms with Crippen LogP contribution in [0.3, 0.4) is 0 Å². The smallest absolute Gasteiger partial charge is 0.253 e. The molecule has 1 aliphatic rings. The zero-order valence-electron chi connectivity index (χ0n) is 12.7. The molecule has 1 aromatic rings. The molecule has 4 nitrogen and oxygen atoms in total. The monoisotopic (exact) mass is 275 g/mol. The van der Waals surface area contributed by atoms with Gasteiger partial charge < -0.3 is 15.5 Å². The maximum absolute atomic E-state index is 12.4. The summed E-state index contributed by atoms with van der Waals surface area (Å²) in [5.74, 6) is 0.00896. The van der Waals surface area contributed by atoms with Crippen LogP contribution in [0.25, 0.3) is 0 Å². The first-order chi connectivity index (χ1) is 9.59. The van der Waals surface area contributed by atoms with Gasteiger partial charge in [-0.15, -0.1) is 0 Å². The lowest BCUT2D eigenvalue weighted by molar-refractivity contribution is 0.0558. The molecule has 0 heterocycles. The molecular formula is C16H25N3O. The molecule has 0 bridgehead atoms. The predicted molar refractivity (Wildman–Crippen MR) is 83.2 cm³/mol. The molecule has 2 N–H and O–H groups in total. The highest BCUT2D eigenvalue weighted by Gasteiger charge is 2.39. The summed E-state index contributed by atoms with van der Waals surface area (Å²) in [7, 11) is 4.19. The Morgan fingerprint density at radius 3 is 2.55 bits per heavy atom. The van der Waals surface area contributed by atoms with Crippen LogP contribution >= 0.6 is 0 Å². The highest BCUT2D eigenvalue weighted by Crippen LogP contribution is 2.35. The maximum atomic E-state index is 12.4. The second kappa shape index (κ2) is 6.27. The van der Waals surface area contributed by atoms with Gasteiger partial charge >= 0.3 is 0 Å². The molecule has 1 aliphatic carbocycles. The van der Waals surface area contributed by atoms with Gasteiger partial charge in [-0.2, -0.15) is 0 Å². The molecule has 4 heteroatoms. The number of amides is 1. The van der Waals surface area contributed by atoms with Gasteiger partial charge in [0.05, 0.1) is 5.56 Å². The molecule has 0 aliphatic heterocycles. The van der Waals surface area contributed by atoms with Crippen LogP contribution in [0.4, 0.5) is 5.69 Å². The molecule has 1 saturated carbocycles. The molecular weight excluding hydrogens is 250 g/mol. The van der Waals surface area contributed by atoms with E-state index in [2.05, 4.69) is 29.6 Å². The van der Waals surface area contributed by atoms with E-state index in [0.29, 0.717) is 0 Å². The number of para-hydroxylation sites is 1. The molecule has 0 saturated heterocycles. The van der Waals surface area contributed by atoms with E-state index in [4.69, 9.17) is 0 Å². The predicted octanol–water partition coefficient (Wildman–Crippen LogP) is 2.33. The lowest BCUT2D eigenvalue weighted by Crippen LogP contribution is -2.57. The van der Waals surface area contributed by atoms with E-state index in [-0.39, 0.29) is 11.4 Å². The number of anilines is 1. The fraction of sp³-hybridized carbons (Fsp3) is 0.562. The van der Waals surface area contributed by atoms with E-state index in [1.54, 1.807) is 0 Å². The van der Waals surface area contributed by atoms with Crippen LogP contribution in [0.15, 0.2) is 24.3 Å². The van der Waals surface area contributed by atoms with Crippen molar-refractivity contribution in [2.24, 2.45) is 0 Å². The molecule has 2 rings (SSSR count). The Morgan fingerprint density at radius 1 is 1.30 bits per heavy atom. The fourth-order valence-corrected chi connectivity index (χ4v) is 2.73. The summed E-state index contributed by atoms with van der Waals surface area (Å²) in [6, 6.07) is 7.67. The topological polar surface area (TPSA) is 44.4 Å². The van der Waals surface area contributed by atoms with E-state index in [9.17, 15) is 4.79 Å². The first kappa shape index (κ1) is 14.9. The number of nitrogens with zero attached hydrogens (tertiary/aromatic N) is 1. The largest absolute Gasteiger partial charge is 0.385 e. The third kappa shape index (κ3) is 2.96. The molecule has 1 aromatic carbocycles. The van der Waals surface area contributed by atoms with Crippen molar-refractivity contribution in [1.29, 1.82) is 0 Å². The SMILES string of the molecule is CCNc1ccccc1C(=O)NCC1(N(C)C)CCC1. The Bertz CT molecular complexity index is 467. The lowest BCUT2D eigenvalue weighted by Gasteiger charge is -2.47. The van der Waals surface area contributed by atoms with Crippen molar-refractivity contribution >= 4 is 11.6 Å². The lowest BCUT2D eigenvalue weighted by atomic mass is 9.75. The number of hydrogen-bond donors (Lipinski definition) is 2. The van der Waals surface area contributed by atoms with Crippen LogP contribution in [-0.2, 0) is 0 Å². The quantitative estimate of drug-likeness (QED) is 0.837. The van der Waals surface area contributed by atoms with Crippen LogP contribution in [0.5, 0.6) is 0 Å². The van der Waals surface area contributed by atoms with Gasteiger partial charge in [-0.1, -0.05) is 12.1 Å². The highest BCUT2D eigenvalue weighted by atomic mass is 16.1. The van der Waals surface area contributed by atoms with Crippen molar-refractivity contribution < 1.29 is 4.79 Å². The normalized spacial score (nSPS) is 16.6. The molecule has 0 spiro atoms. The molecule has 110 valence electrons. The molecule has 1 fully saturated rings. The van der Waals surface area contributed by atoms with Gasteiger partial charge in [0.25, 0.3) is 5.91 Å². The average molecular weight is 275 g/mol. The van der Waals surface area contributed by atoms with Crippen molar-refractivity contribution in [2.45, 2.75) is 31.7 Å². The van der Waals surface area contributed by atoms with Gasteiger partial charge in [-0.05, 0) is 52.4 Å². The number of benzene rings is 1. The second-order valence-corrected chi connectivity index (χ2v) is 5.73. The number of likely N-dealkylation sites (N-methyl/N-ethyl adjacent to an activating group) is 1. The van der Waals surface area contributed by atoms with Gasteiger partial charge in [0, 0.05) is 24.3 Å². The first-order valence-electron chi connectivity index (χ1n) is 7.37. The summed E-state index contributed by atoms with van der Waals surface area (Å²) in [6.07, 6.45) is 3.58. The number of carbonyl (C=O) groups is 1. The van der Waals surface area contributed by atoms with Gasteiger partial charge in [0.15, 0.2) is 0 Å². The third-order valence-corrected chi connectivity index (χ3v) is 4.35. The van der Waals surface area contributed by atoms with Crippen molar-refractivity contribution in [2.75, 3.05) is 32.5 Å². The highest BCUT2D eigenvalue weighted by molar-refractivity contribution is 5.99. The second-order valence-electron chi connectivity index (χ2n) is 5.73. The minimum absolute atomic E-state index is 0.00896.